The van der Waals surface area contributed by atoms with Crippen molar-refractivity contribution in [2.24, 2.45) is 40.4 Å². The normalized spacial score (nSPS) is 73.9. The predicted octanol–water partition coefficient (Wildman–Crippen LogP) is 2.54. The molecule has 0 saturated heterocycles. The van der Waals surface area contributed by atoms with Gasteiger partial charge < -0.3 is 0 Å². The lowest BCUT2D eigenvalue weighted by molar-refractivity contribution is 0.109. The monoisotopic (exact) mass is 148 g/mol. The molecule has 60 valence electrons. The quantitative estimate of drug-likeness (QED) is 0.495. The maximum Gasteiger partial charge on any atom is -0.0167 e. The van der Waals surface area contributed by atoms with Gasteiger partial charge in [0.2, 0.25) is 0 Å². The standard InChI is InChI=1S/C11H16/c1-10(2,3)9-7-5-4-6-8(9)11(5,6)7/h5-9H,4H2,1-3H3/t5-,6+,7-,8+,9?,11?. The highest BCUT2D eigenvalue weighted by molar-refractivity contribution is 5.48. The predicted molar refractivity (Wildman–Crippen MR) is 44.0 cm³/mol. The van der Waals surface area contributed by atoms with Crippen LogP contribution >= 0.6 is 0 Å². The van der Waals surface area contributed by atoms with Gasteiger partial charge in [0, 0.05) is 0 Å². The summed E-state index contributed by atoms with van der Waals surface area (Å²) in [7, 11) is 0. The topological polar surface area (TPSA) is 0 Å². The molecule has 0 bridgehead atoms. The van der Waals surface area contributed by atoms with Crippen molar-refractivity contribution in [3.8, 4) is 0 Å². The van der Waals surface area contributed by atoms with E-state index in [4.69, 9.17) is 0 Å². The van der Waals surface area contributed by atoms with E-state index in [-0.39, 0.29) is 0 Å². The third kappa shape index (κ3) is 0.302. The summed E-state index contributed by atoms with van der Waals surface area (Å²) in [4.78, 5) is 0. The molecule has 0 aromatic heterocycles. The lowest BCUT2D eigenvalue weighted by Gasteiger charge is -2.37. The fraction of sp³-hybridized carbons (Fsp3) is 1.00. The van der Waals surface area contributed by atoms with Crippen molar-refractivity contribution in [2.75, 3.05) is 0 Å². The van der Waals surface area contributed by atoms with Crippen molar-refractivity contribution < 1.29 is 0 Å². The molecule has 0 radical (unpaired) electrons. The van der Waals surface area contributed by atoms with Gasteiger partial charge in [0.25, 0.3) is 0 Å². The third-order valence-electron chi connectivity index (χ3n) is 5.37. The van der Waals surface area contributed by atoms with Gasteiger partial charge in [-0.2, -0.15) is 0 Å². The van der Waals surface area contributed by atoms with Gasteiger partial charge in [-0.05, 0) is 46.8 Å². The molecule has 0 N–H and O–H groups in total. The summed E-state index contributed by atoms with van der Waals surface area (Å²) < 4.78 is 0. The van der Waals surface area contributed by atoms with E-state index in [0.29, 0.717) is 5.41 Å². The lowest BCUT2D eigenvalue weighted by Crippen LogP contribution is -2.31. The largest absolute Gasteiger partial charge is 0.0599 e. The summed E-state index contributed by atoms with van der Waals surface area (Å²) in [5.74, 6) is 6.05. The van der Waals surface area contributed by atoms with Crippen molar-refractivity contribution in [3.63, 3.8) is 0 Å². The van der Waals surface area contributed by atoms with E-state index >= 15 is 0 Å². The van der Waals surface area contributed by atoms with Crippen molar-refractivity contribution in [3.05, 3.63) is 0 Å². The van der Waals surface area contributed by atoms with E-state index in [9.17, 15) is 0 Å². The SMILES string of the molecule is CC(C)(C)C1[C@@H]2[C@@H]3C[C@@H]4[C@H]1C423. The van der Waals surface area contributed by atoms with Gasteiger partial charge in [0.1, 0.15) is 0 Å². The van der Waals surface area contributed by atoms with Crippen molar-refractivity contribution >= 4 is 0 Å². The van der Waals surface area contributed by atoms with E-state index in [1.54, 1.807) is 6.42 Å². The van der Waals surface area contributed by atoms with Gasteiger partial charge >= 0.3 is 0 Å². The zero-order valence-electron chi connectivity index (χ0n) is 7.59. The molecule has 1 spiro atoms. The highest BCUT2D eigenvalue weighted by Crippen LogP contribution is 3.05. The molecule has 0 heteroatoms. The van der Waals surface area contributed by atoms with Gasteiger partial charge in [0.05, 0.1) is 0 Å². The maximum absolute atomic E-state index is 2.44. The fourth-order valence-corrected chi connectivity index (χ4v) is 5.18. The molecule has 4 saturated carbocycles. The molecule has 2 unspecified atom stereocenters. The van der Waals surface area contributed by atoms with Crippen molar-refractivity contribution in [1.29, 1.82) is 0 Å². The van der Waals surface area contributed by atoms with Gasteiger partial charge in [-0.25, -0.2) is 0 Å². The van der Waals surface area contributed by atoms with E-state index in [1.165, 1.54) is 23.7 Å². The number of rotatable bonds is 0. The van der Waals surface area contributed by atoms with E-state index in [0.717, 1.165) is 11.3 Å². The zero-order valence-corrected chi connectivity index (χ0v) is 7.59. The van der Waals surface area contributed by atoms with Crippen LogP contribution in [-0.4, -0.2) is 0 Å². The lowest BCUT2D eigenvalue weighted by atomic mass is 9.68. The highest BCUT2D eigenvalue weighted by atomic mass is 15.1. The van der Waals surface area contributed by atoms with Crippen LogP contribution in [0.4, 0.5) is 0 Å². The van der Waals surface area contributed by atoms with E-state index < -0.39 is 0 Å². The molecular formula is C11H16. The van der Waals surface area contributed by atoms with Gasteiger partial charge in [-0.3, -0.25) is 0 Å². The van der Waals surface area contributed by atoms with Crippen LogP contribution in [0.2, 0.25) is 0 Å². The Hall–Kier alpha value is 0. The van der Waals surface area contributed by atoms with Crippen LogP contribution in [0.15, 0.2) is 0 Å². The van der Waals surface area contributed by atoms with Crippen LogP contribution in [0.5, 0.6) is 0 Å². The first-order valence-electron chi connectivity index (χ1n) is 5.09. The summed E-state index contributed by atoms with van der Waals surface area (Å²) in [5.41, 5.74) is 1.67. The maximum atomic E-state index is 2.44. The molecule has 0 aliphatic heterocycles. The Morgan fingerprint density at radius 2 is 1.64 bits per heavy atom. The fourth-order valence-electron chi connectivity index (χ4n) is 5.18. The Balaban J connectivity index is 1.74. The first-order chi connectivity index (χ1) is 5.09. The summed E-state index contributed by atoms with van der Waals surface area (Å²) in [6, 6.07) is 0. The Bertz CT molecular complexity index is 238. The molecule has 4 fully saturated rings. The molecule has 0 aromatic rings. The molecule has 4 aliphatic rings. The van der Waals surface area contributed by atoms with Gasteiger partial charge in [0.15, 0.2) is 0 Å². The van der Waals surface area contributed by atoms with Crippen molar-refractivity contribution in [2.45, 2.75) is 27.2 Å². The Morgan fingerprint density at radius 3 is 1.82 bits per heavy atom. The first kappa shape index (κ1) is 5.61. The van der Waals surface area contributed by atoms with Gasteiger partial charge in [-0.1, -0.05) is 20.8 Å². The average molecular weight is 148 g/mol. The zero-order chi connectivity index (χ0) is 7.59. The summed E-state index contributed by atoms with van der Waals surface area (Å²) in [6.07, 6.45) is 1.63. The van der Waals surface area contributed by atoms with Crippen LogP contribution in [0.3, 0.4) is 0 Å². The van der Waals surface area contributed by atoms with E-state index in [1.807, 2.05) is 0 Å². The Kier molecular flexibility index (Phi) is 0.527. The summed E-state index contributed by atoms with van der Waals surface area (Å²) in [5, 5.41) is 0. The molecule has 0 nitrogen and oxygen atoms in total. The van der Waals surface area contributed by atoms with Crippen LogP contribution in [-0.2, 0) is 0 Å². The minimum absolute atomic E-state index is 0.628. The molecule has 6 atom stereocenters. The minimum atomic E-state index is 0.628. The molecular weight excluding hydrogens is 132 g/mol. The second kappa shape index (κ2) is 1.03. The number of hydrogen-bond donors (Lipinski definition) is 0. The van der Waals surface area contributed by atoms with Crippen LogP contribution in [0, 0.1) is 40.4 Å². The summed E-state index contributed by atoms with van der Waals surface area (Å²) in [6.45, 7) is 7.33. The van der Waals surface area contributed by atoms with Crippen molar-refractivity contribution in [1.82, 2.24) is 0 Å². The average Bonchev–Trinajstić information content (AvgIpc) is 2.39. The molecule has 11 heavy (non-hydrogen) atoms. The number of hydrogen-bond acceptors (Lipinski definition) is 0. The van der Waals surface area contributed by atoms with Crippen LogP contribution < -0.4 is 0 Å². The Morgan fingerprint density at radius 1 is 1.09 bits per heavy atom. The third-order valence-corrected chi connectivity index (χ3v) is 5.37. The molecule has 4 aliphatic carbocycles. The molecule has 4 rings (SSSR count). The smallest absolute Gasteiger partial charge is 0.0167 e. The van der Waals surface area contributed by atoms with Gasteiger partial charge in [-0.15, -0.1) is 0 Å². The number of fused-ring (bicyclic) bond motifs is 2. The van der Waals surface area contributed by atoms with Crippen LogP contribution in [0.1, 0.15) is 27.2 Å². The molecule has 0 aromatic carbocycles. The first-order valence-corrected chi connectivity index (χ1v) is 5.09. The van der Waals surface area contributed by atoms with E-state index in [2.05, 4.69) is 20.8 Å². The second-order valence-electron chi connectivity index (χ2n) is 6.39. The van der Waals surface area contributed by atoms with Crippen LogP contribution in [0.25, 0.3) is 0 Å². The highest BCUT2D eigenvalue weighted by Gasteiger charge is 3.02. The second-order valence-corrected chi connectivity index (χ2v) is 6.39. The minimum Gasteiger partial charge on any atom is -0.0599 e. The Labute approximate surface area is 68.4 Å². The summed E-state index contributed by atoms with van der Waals surface area (Å²) >= 11 is 0. The molecule has 0 heterocycles. The molecule has 0 amide bonds.